The third-order valence-electron chi connectivity index (χ3n) is 2.76. The van der Waals surface area contributed by atoms with Crippen LogP contribution in [0.5, 0.6) is 0 Å². The summed E-state index contributed by atoms with van der Waals surface area (Å²) in [6.45, 7) is 3.60. The molecule has 90 valence electrons. The highest BCUT2D eigenvalue weighted by molar-refractivity contribution is 5.87. The third kappa shape index (κ3) is 3.08. The number of carbonyl (C=O) groups is 1. The molecule has 3 N–H and O–H groups in total. The molecule has 0 fully saturated rings. The van der Waals surface area contributed by atoms with Crippen LogP contribution in [0.4, 0.5) is 0 Å². The molecule has 3 heteroatoms. The molecule has 1 aromatic rings. The van der Waals surface area contributed by atoms with Crippen molar-refractivity contribution in [2.24, 2.45) is 5.73 Å². The molecule has 1 aromatic carbocycles. The van der Waals surface area contributed by atoms with E-state index in [0.29, 0.717) is 6.42 Å². The van der Waals surface area contributed by atoms with Gasteiger partial charge >= 0.3 is 0 Å². The Labute approximate surface area is 102 Å². The summed E-state index contributed by atoms with van der Waals surface area (Å²) in [6, 6.07) is 8.98. The monoisotopic (exact) mass is 230 g/mol. The first-order chi connectivity index (χ1) is 8.02. The van der Waals surface area contributed by atoms with Gasteiger partial charge in [-0.05, 0) is 18.9 Å². The van der Waals surface area contributed by atoms with Crippen molar-refractivity contribution in [2.45, 2.75) is 31.8 Å². The first kappa shape index (κ1) is 13.3. The Balaban J connectivity index is 2.85. The van der Waals surface area contributed by atoms with Gasteiger partial charge in [-0.2, -0.15) is 0 Å². The fourth-order valence-corrected chi connectivity index (χ4v) is 1.49. The molecule has 1 rings (SSSR count). The number of nitrogens with one attached hydrogen (secondary N) is 1. The third-order valence-corrected chi connectivity index (χ3v) is 2.76. The molecule has 0 saturated carbocycles. The van der Waals surface area contributed by atoms with Gasteiger partial charge in [0, 0.05) is 0 Å². The van der Waals surface area contributed by atoms with Crippen molar-refractivity contribution in [2.75, 3.05) is 0 Å². The molecular weight excluding hydrogens is 212 g/mol. The Kier molecular flexibility index (Phi) is 4.30. The summed E-state index contributed by atoms with van der Waals surface area (Å²) in [6.07, 6.45) is 6.00. The summed E-state index contributed by atoms with van der Waals surface area (Å²) >= 11 is 0. The van der Waals surface area contributed by atoms with Crippen molar-refractivity contribution in [1.29, 1.82) is 0 Å². The molecule has 0 aliphatic heterocycles. The van der Waals surface area contributed by atoms with Crippen molar-refractivity contribution >= 4 is 5.91 Å². The van der Waals surface area contributed by atoms with E-state index in [9.17, 15) is 4.79 Å². The zero-order valence-electron chi connectivity index (χ0n) is 10.2. The van der Waals surface area contributed by atoms with Gasteiger partial charge in [0.15, 0.2) is 0 Å². The van der Waals surface area contributed by atoms with E-state index in [1.54, 1.807) is 6.92 Å². The van der Waals surface area contributed by atoms with Gasteiger partial charge in [-0.15, -0.1) is 6.42 Å². The zero-order chi connectivity index (χ0) is 12.9. The lowest BCUT2D eigenvalue weighted by Gasteiger charge is -2.25. The predicted molar refractivity (Wildman–Crippen MR) is 69.0 cm³/mol. The minimum atomic E-state index is -1.06. The standard InChI is InChI=1S/C14H18N2O/c1-4-12(5-2)16-13(17)14(3,15)11-9-7-6-8-10-11/h1,6-10,12H,5,15H2,2-3H3,(H,16,17). The molecule has 2 atom stereocenters. The molecule has 0 bridgehead atoms. The second-order valence-corrected chi connectivity index (χ2v) is 4.17. The normalized spacial score (nSPS) is 15.4. The molecule has 0 heterocycles. The minimum absolute atomic E-state index is 0.256. The Bertz CT molecular complexity index is 418. The van der Waals surface area contributed by atoms with Gasteiger partial charge in [-0.1, -0.05) is 43.2 Å². The first-order valence-electron chi connectivity index (χ1n) is 5.63. The lowest BCUT2D eigenvalue weighted by molar-refractivity contribution is -0.126. The van der Waals surface area contributed by atoms with Gasteiger partial charge in [0.1, 0.15) is 5.54 Å². The fraction of sp³-hybridized carbons (Fsp3) is 0.357. The minimum Gasteiger partial charge on any atom is -0.341 e. The SMILES string of the molecule is C#CC(CC)NC(=O)C(C)(N)c1ccccc1. The first-order valence-corrected chi connectivity index (χ1v) is 5.63. The van der Waals surface area contributed by atoms with E-state index in [-0.39, 0.29) is 11.9 Å². The van der Waals surface area contributed by atoms with Crippen molar-refractivity contribution in [3.05, 3.63) is 35.9 Å². The van der Waals surface area contributed by atoms with Crippen molar-refractivity contribution < 1.29 is 4.79 Å². The van der Waals surface area contributed by atoms with E-state index < -0.39 is 5.54 Å². The molecule has 17 heavy (non-hydrogen) atoms. The maximum absolute atomic E-state index is 12.1. The van der Waals surface area contributed by atoms with E-state index >= 15 is 0 Å². The Morgan fingerprint density at radius 1 is 1.53 bits per heavy atom. The quantitative estimate of drug-likeness (QED) is 0.768. The van der Waals surface area contributed by atoms with Crippen molar-refractivity contribution in [1.82, 2.24) is 5.32 Å². The second kappa shape index (κ2) is 5.51. The van der Waals surface area contributed by atoms with Crippen LogP contribution >= 0.6 is 0 Å². The lowest BCUT2D eigenvalue weighted by Crippen LogP contribution is -2.51. The Morgan fingerprint density at radius 3 is 2.59 bits per heavy atom. The number of rotatable bonds is 4. The number of carbonyl (C=O) groups excluding carboxylic acids is 1. The number of benzene rings is 1. The fourth-order valence-electron chi connectivity index (χ4n) is 1.49. The van der Waals surface area contributed by atoms with E-state index in [1.165, 1.54) is 0 Å². The van der Waals surface area contributed by atoms with Gasteiger partial charge in [-0.25, -0.2) is 0 Å². The van der Waals surface area contributed by atoms with Gasteiger partial charge in [-0.3, -0.25) is 4.79 Å². The van der Waals surface area contributed by atoms with Crippen LogP contribution in [0.15, 0.2) is 30.3 Å². The Hall–Kier alpha value is -1.79. The summed E-state index contributed by atoms with van der Waals surface area (Å²) in [4.78, 5) is 12.1. The van der Waals surface area contributed by atoms with Crippen LogP contribution in [0, 0.1) is 12.3 Å². The van der Waals surface area contributed by atoms with Crippen LogP contribution in [-0.4, -0.2) is 11.9 Å². The average molecular weight is 230 g/mol. The topological polar surface area (TPSA) is 55.1 Å². The van der Waals surface area contributed by atoms with E-state index in [0.717, 1.165) is 5.56 Å². The van der Waals surface area contributed by atoms with Crippen molar-refractivity contribution in [3.63, 3.8) is 0 Å². The highest BCUT2D eigenvalue weighted by atomic mass is 16.2. The summed E-state index contributed by atoms with van der Waals surface area (Å²) in [5.74, 6) is 2.26. The highest BCUT2D eigenvalue weighted by Gasteiger charge is 2.31. The molecule has 2 unspecified atom stereocenters. The maximum Gasteiger partial charge on any atom is 0.245 e. The lowest BCUT2D eigenvalue weighted by atomic mass is 9.92. The van der Waals surface area contributed by atoms with E-state index in [2.05, 4.69) is 11.2 Å². The number of hydrogen-bond acceptors (Lipinski definition) is 2. The maximum atomic E-state index is 12.1. The van der Waals surface area contributed by atoms with Crippen LogP contribution in [0.25, 0.3) is 0 Å². The molecule has 1 amide bonds. The molecule has 0 spiro atoms. The predicted octanol–water partition coefficient (Wildman–Crippen LogP) is 1.39. The van der Waals surface area contributed by atoms with Crippen LogP contribution in [0.2, 0.25) is 0 Å². The summed E-state index contributed by atoms with van der Waals surface area (Å²) in [5, 5.41) is 2.76. The largest absolute Gasteiger partial charge is 0.341 e. The number of terminal acetylenes is 1. The average Bonchev–Trinajstić information content (AvgIpc) is 2.36. The molecule has 3 nitrogen and oxygen atoms in total. The number of amides is 1. The Morgan fingerprint density at radius 2 is 2.12 bits per heavy atom. The van der Waals surface area contributed by atoms with Crippen LogP contribution in [0.1, 0.15) is 25.8 Å². The second-order valence-electron chi connectivity index (χ2n) is 4.17. The van der Waals surface area contributed by atoms with Gasteiger partial charge < -0.3 is 11.1 Å². The van der Waals surface area contributed by atoms with Gasteiger partial charge in [0.25, 0.3) is 0 Å². The van der Waals surface area contributed by atoms with Crippen LogP contribution < -0.4 is 11.1 Å². The molecular formula is C14H18N2O. The summed E-state index contributed by atoms with van der Waals surface area (Å²) < 4.78 is 0. The van der Waals surface area contributed by atoms with Crippen molar-refractivity contribution in [3.8, 4) is 12.3 Å². The molecule has 0 saturated heterocycles. The summed E-state index contributed by atoms with van der Waals surface area (Å²) in [5.41, 5.74) is 5.76. The molecule has 0 aliphatic carbocycles. The highest BCUT2D eigenvalue weighted by Crippen LogP contribution is 2.17. The zero-order valence-corrected chi connectivity index (χ0v) is 10.2. The smallest absolute Gasteiger partial charge is 0.245 e. The summed E-state index contributed by atoms with van der Waals surface area (Å²) in [7, 11) is 0. The molecule has 0 radical (unpaired) electrons. The number of nitrogens with two attached hydrogens (primary N) is 1. The molecule has 0 aliphatic rings. The van der Waals surface area contributed by atoms with Crippen LogP contribution in [-0.2, 0) is 10.3 Å². The van der Waals surface area contributed by atoms with Gasteiger partial charge in [0.05, 0.1) is 6.04 Å². The number of hydrogen-bond donors (Lipinski definition) is 2. The van der Waals surface area contributed by atoms with Crippen LogP contribution in [0.3, 0.4) is 0 Å². The van der Waals surface area contributed by atoms with E-state index in [1.807, 2.05) is 37.3 Å². The van der Waals surface area contributed by atoms with Gasteiger partial charge in [0.2, 0.25) is 5.91 Å². The molecule has 0 aromatic heterocycles. The van der Waals surface area contributed by atoms with E-state index in [4.69, 9.17) is 12.2 Å².